The van der Waals surface area contributed by atoms with Crippen LogP contribution in [0.15, 0.2) is 189 Å². The Bertz CT molecular complexity index is 6890. The molecule has 16 atom stereocenters. The maximum absolute atomic E-state index is 14.8. The van der Waals surface area contributed by atoms with Crippen molar-refractivity contribution >= 4 is 91.9 Å². The van der Waals surface area contributed by atoms with Crippen LogP contribution in [0.5, 0.6) is 0 Å². The molecule has 3 unspecified atom stereocenters. The lowest BCUT2D eigenvalue weighted by atomic mass is 9.96. The lowest BCUT2D eigenvalue weighted by Gasteiger charge is -2.19. The predicted molar refractivity (Wildman–Crippen MR) is 518 cm³/mol. The number of hydrogen-bond acceptors (Lipinski definition) is 34. The number of carbonyl (C=O) groups is 4. The second-order valence-corrected chi connectivity index (χ2v) is 41.9. The zero-order chi connectivity index (χ0) is 102. The van der Waals surface area contributed by atoms with E-state index in [2.05, 4.69) is 128 Å². The third kappa shape index (κ3) is 30.8. The van der Waals surface area contributed by atoms with Crippen LogP contribution in [0.3, 0.4) is 0 Å². The summed E-state index contributed by atoms with van der Waals surface area (Å²) >= 11 is 3.45. The van der Waals surface area contributed by atoms with E-state index in [4.69, 9.17) is 31.7 Å². The lowest BCUT2D eigenvalue weighted by molar-refractivity contribution is 0.0501. The summed E-state index contributed by atoms with van der Waals surface area (Å²) in [6.07, 6.45) is 27.6. The Morgan fingerprint density at radius 1 is 0.538 bits per heavy atom. The Balaban J connectivity index is 0.000000151. The van der Waals surface area contributed by atoms with Crippen molar-refractivity contribution < 1.29 is 99.1 Å². The standard InChI is InChI=1S/C25H28FN5O5S.C24H26N6O5S.C24H31N5O6S.C22H24BrN5O5S/c26-22-21(9-18(24(22)33)13-36-37(27,34)35)30-25-20(10-28-14-29-25)23(32)16-6-7-31(11-16)12-17-8-19(17)15-4-2-1-3-5-15;1-3-16-5-4-6-17(9-16)15(2)30-8-7-21(29-30)23(32)20-12-26-14-27-24(20)28-19-10-18(22(31)11-19)13-35-36(25,33)34;25-36(32,33)35-15-19-11-18(13-23(19)30)12-22-20(14-26-16-27-22)24(31)21-4-8-29(28-21)7-2-1-3-17-5-9-34-10-6-17;23-17-3-1-2-14(7-17)11-28-5-4-19(27-28)22(30)18-10-25-13-26-20(18)8-15-6-16(21(29)9-15)12-33-34(24,31)32/h1-7,10-11,14,17-19,21-22,24,33H,8-9,12-13H2,(H2,27,34,35)(H,28,29,30);1,4-9,12,14-15,18-19,22,31H,10-11,13H2,2H3,(H2,25,33,34)(H,26,27,28);4,8,14,16-19,23,30H,3,5-7,9-13,15H2,(H2,25,32,33);1-5,7,10,13,15-16,21,29H,6,8-9,11-12H2,(H2,24,31,32)/t17?,18-,19?,21-,22-,24-;15?,18-,19-,22+;18-,19+,23-;15-,16+,21-/m1100/s1. The first-order valence-corrected chi connectivity index (χ1v) is 52.6. The van der Waals surface area contributed by atoms with E-state index in [1.807, 2.05) is 84.4 Å². The molecule has 14 N–H and O–H groups in total. The van der Waals surface area contributed by atoms with E-state index in [9.17, 15) is 77.7 Å². The Morgan fingerprint density at radius 2 is 1.06 bits per heavy atom. The summed E-state index contributed by atoms with van der Waals surface area (Å²) < 4.78 is 135. The van der Waals surface area contributed by atoms with Gasteiger partial charge in [0.2, 0.25) is 17.3 Å². The number of aliphatic hydroxyl groups is 4. The molecule has 42 nitrogen and oxygen atoms in total. The van der Waals surface area contributed by atoms with Gasteiger partial charge in [-0.25, -0.2) is 64.8 Å². The number of terminal acetylenes is 1. The molecule has 11 aromatic rings. The van der Waals surface area contributed by atoms with Crippen molar-refractivity contribution in [2.75, 3.05) is 50.3 Å². The molecule has 5 saturated carbocycles. The Kier molecular flexibility index (Phi) is 36.3. The van der Waals surface area contributed by atoms with Crippen molar-refractivity contribution in [3.8, 4) is 24.2 Å². The Morgan fingerprint density at radius 3 is 1.64 bits per heavy atom. The van der Waals surface area contributed by atoms with E-state index >= 15 is 0 Å². The van der Waals surface area contributed by atoms with Gasteiger partial charge in [0.05, 0.1) is 103 Å². The summed E-state index contributed by atoms with van der Waals surface area (Å²) in [7, 11) is -16.5. The minimum Gasteiger partial charge on any atom is -0.393 e. The van der Waals surface area contributed by atoms with Crippen molar-refractivity contribution in [1.82, 2.24) is 73.8 Å². The highest BCUT2D eigenvalue weighted by molar-refractivity contribution is 9.10. The molecule has 48 heteroatoms. The highest BCUT2D eigenvalue weighted by atomic mass is 79.9. The quantitative estimate of drug-likeness (QED) is 0.0157. The molecule has 0 radical (unpaired) electrons. The van der Waals surface area contributed by atoms with Crippen LogP contribution in [0.2, 0.25) is 0 Å². The molecule has 0 amide bonds. The van der Waals surface area contributed by atoms with Gasteiger partial charge in [-0.05, 0) is 179 Å². The lowest BCUT2D eigenvalue weighted by Crippen LogP contribution is -2.33. The van der Waals surface area contributed by atoms with Crippen LogP contribution < -0.4 is 31.2 Å². The zero-order valence-corrected chi connectivity index (χ0v) is 82.3. The Labute approximate surface area is 833 Å². The fourth-order valence-corrected chi connectivity index (χ4v) is 20.2. The summed E-state index contributed by atoms with van der Waals surface area (Å²) in [4.78, 5) is 85.9. The van der Waals surface area contributed by atoms with Crippen molar-refractivity contribution in [3.05, 3.63) is 267 Å². The van der Waals surface area contributed by atoms with E-state index in [0.717, 1.165) is 66.6 Å². The molecule has 758 valence electrons. The number of anilines is 2. The zero-order valence-electron chi connectivity index (χ0n) is 77.4. The summed E-state index contributed by atoms with van der Waals surface area (Å²) in [5, 5.41) is 79.9. The van der Waals surface area contributed by atoms with Crippen LogP contribution in [0, 0.1) is 71.5 Å². The number of carbonyl (C=O) groups excluding carboxylic acids is 4. The van der Waals surface area contributed by atoms with Gasteiger partial charge in [-0.3, -0.25) is 50.0 Å². The fourth-order valence-electron chi connectivity index (χ4n) is 18.3. The van der Waals surface area contributed by atoms with Crippen molar-refractivity contribution in [1.29, 1.82) is 0 Å². The monoisotopic (exact) mass is 2110 g/mol. The number of aliphatic hydroxyl groups excluding tert-OH is 4. The molecule has 17 rings (SSSR count). The number of rotatable bonds is 37. The topological polar surface area (TPSA) is 622 Å². The van der Waals surface area contributed by atoms with E-state index in [-0.39, 0.29) is 119 Å². The van der Waals surface area contributed by atoms with Gasteiger partial charge in [0, 0.05) is 127 Å². The van der Waals surface area contributed by atoms with Gasteiger partial charge in [0.1, 0.15) is 66.7 Å². The summed E-state index contributed by atoms with van der Waals surface area (Å²) in [5.74, 6) is 7.76. The Hall–Kier alpha value is -12.0. The van der Waals surface area contributed by atoms with Gasteiger partial charge in [0.15, 0.2) is 5.78 Å². The first kappa shape index (κ1) is 107. The predicted octanol–water partition coefficient (Wildman–Crippen LogP) is 6.04. The molecule has 6 fully saturated rings. The van der Waals surface area contributed by atoms with Gasteiger partial charge in [0.25, 0.3) is 0 Å². The number of ketones is 4. The van der Waals surface area contributed by atoms with E-state index in [1.54, 1.807) is 63.1 Å². The number of hydrogen-bond donors (Lipinski definition) is 10. The second-order valence-electron chi connectivity index (χ2n) is 36.1. The molecule has 6 aliphatic rings. The van der Waals surface area contributed by atoms with Crippen LogP contribution in [0.25, 0.3) is 0 Å². The van der Waals surface area contributed by atoms with Crippen molar-refractivity contribution in [2.45, 2.75) is 165 Å². The van der Waals surface area contributed by atoms with Crippen LogP contribution in [0.4, 0.5) is 16.0 Å². The molecular weight excluding hydrogens is 2000 g/mol. The van der Waals surface area contributed by atoms with E-state index < -0.39 is 96.3 Å². The molecule has 9 heterocycles. The highest BCUT2D eigenvalue weighted by Crippen LogP contribution is 2.49. The molecule has 3 aromatic carbocycles. The number of alkyl halides is 1. The number of benzene rings is 3. The van der Waals surface area contributed by atoms with Gasteiger partial charge >= 0.3 is 41.2 Å². The number of halogens is 2. The normalized spacial score (nSPS) is 22.8. The maximum atomic E-state index is 14.8. The highest BCUT2D eigenvalue weighted by Gasteiger charge is 2.45. The average molecular weight is 2110 g/mol. The minimum atomic E-state index is -4.22. The van der Waals surface area contributed by atoms with Gasteiger partial charge in [-0.1, -0.05) is 82.4 Å². The molecular formula is C95H109BrFN21O21S4. The van der Waals surface area contributed by atoms with Crippen LogP contribution >= 0.6 is 15.9 Å². The molecule has 143 heavy (non-hydrogen) atoms. The van der Waals surface area contributed by atoms with Crippen LogP contribution in [-0.2, 0) is 95.2 Å². The fraction of sp³-hybridized carbons (Fsp3) is 0.421. The number of nitrogens with two attached hydrogens (primary N) is 4. The van der Waals surface area contributed by atoms with Gasteiger partial charge in [-0.2, -0.15) is 49.0 Å². The third-order valence-corrected chi connectivity index (χ3v) is 28.1. The molecule has 0 spiro atoms. The molecule has 5 aliphatic carbocycles. The molecule has 8 aromatic heterocycles. The first-order chi connectivity index (χ1) is 68.3. The summed E-state index contributed by atoms with van der Waals surface area (Å²) in [6.45, 7) is 4.24. The second kappa shape index (κ2) is 48.6. The molecule has 0 bridgehead atoms. The summed E-state index contributed by atoms with van der Waals surface area (Å²) in [5.41, 5.74) is 7.56. The number of nitrogens with one attached hydrogen (secondary N) is 2. The van der Waals surface area contributed by atoms with Crippen molar-refractivity contribution in [3.63, 3.8) is 0 Å². The number of aromatic nitrogens is 15. The van der Waals surface area contributed by atoms with Crippen LogP contribution in [-0.4, -0.2) is 233 Å². The van der Waals surface area contributed by atoms with Gasteiger partial charge in [-0.15, -0.1) is 12.3 Å². The van der Waals surface area contributed by atoms with Crippen LogP contribution in [0.1, 0.15) is 187 Å². The SMILES string of the molecule is C#Cc1cccc(C(C)n2ccc(C(=O)c3cncnc3N[C@@H]3C[C@H](COS(N)(=O)=O)[C@@H](O)C3)n2)c1.NS(=O)(=O)OC[C@H]1C[C@@H](Cc2ncncc2C(=O)c2ccn(CC#CCC3CCOCC3)n2)C[C@@H]1O.NS(=O)(=O)OC[C@H]1C[C@@H](Cc2ncncc2C(=O)c2ccn(Cc3cccc(Br)c3)n2)C[C@@H]1O.NS(=O)(=O)OC[C@H]1C[C@@H](Nc2ncncc2C(=O)c2ccn(CC3CC3c3ccccc3)c2)[C@@H](F)[C@@H]1O. The first-order valence-electron chi connectivity index (χ1n) is 45.9. The van der Waals surface area contributed by atoms with E-state index in [0.29, 0.717) is 116 Å². The smallest absolute Gasteiger partial charge is 0.333 e. The van der Waals surface area contributed by atoms with E-state index in [1.165, 1.54) is 55.7 Å². The number of nitrogens with zero attached hydrogens (tertiary/aromatic N) is 15. The maximum Gasteiger partial charge on any atom is 0.333 e. The van der Waals surface area contributed by atoms with Crippen molar-refractivity contribution in [2.24, 2.45) is 67.9 Å². The third-order valence-electron chi connectivity index (χ3n) is 25.8. The molecule has 1 saturated heterocycles. The molecule has 1 aliphatic heterocycles. The number of ether oxygens (including phenoxy) is 1. The average Bonchev–Trinajstić information content (AvgIpc) is 1.63. The minimum absolute atomic E-state index is 0.000358. The largest absolute Gasteiger partial charge is 0.393 e. The summed E-state index contributed by atoms with van der Waals surface area (Å²) in [6, 6.07) is 31.1. The van der Waals surface area contributed by atoms with Gasteiger partial charge < -0.3 is 40.4 Å².